The van der Waals surface area contributed by atoms with Gasteiger partial charge in [-0.3, -0.25) is 14.3 Å². The molecule has 1 fully saturated rings. The molecule has 1 saturated heterocycles. The van der Waals surface area contributed by atoms with Crippen LogP contribution < -0.4 is 5.32 Å². The van der Waals surface area contributed by atoms with E-state index >= 15 is 0 Å². The summed E-state index contributed by atoms with van der Waals surface area (Å²) in [5.74, 6) is 1.60. The van der Waals surface area contributed by atoms with Gasteiger partial charge in [-0.05, 0) is 53.5 Å². The Morgan fingerprint density at radius 3 is 2.97 bits per heavy atom. The van der Waals surface area contributed by atoms with Crippen molar-refractivity contribution in [3.8, 4) is 0 Å². The lowest BCUT2D eigenvalue weighted by atomic mass is 9.99. The fourth-order valence-electron chi connectivity index (χ4n) is 4.53. The molecule has 2 unspecified atom stereocenters. The number of aryl methyl sites for hydroxylation is 2. The van der Waals surface area contributed by atoms with Crippen LogP contribution >= 0.6 is 0 Å². The smallest absolute Gasteiger partial charge is 0.246 e. The molecule has 29 heavy (non-hydrogen) atoms. The lowest BCUT2D eigenvalue weighted by Gasteiger charge is -2.16. The van der Waals surface area contributed by atoms with E-state index in [1.54, 1.807) is 12.3 Å². The van der Waals surface area contributed by atoms with Crippen LogP contribution in [-0.2, 0) is 23.1 Å². The maximum atomic E-state index is 12.7. The summed E-state index contributed by atoms with van der Waals surface area (Å²) < 4.78 is 1.83. The zero-order chi connectivity index (χ0) is 20.0. The molecular formula is C22H23N5O2. The van der Waals surface area contributed by atoms with Crippen LogP contribution in [0, 0.1) is 11.8 Å². The van der Waals surface area contributed by atoms with E-state index in [0.29, 0.717) is 30.5 Å². The molecule has 0 radical (unpaired) electrons. The third kappa shape index (κ3) is 3.48. The molecule has 3 aliphatic rings. The van der Waals surface area contributed by atoms with Crippen molar-refractivity contribution in [3.63, 3.8) is 0 Å². The molecule has 2 amide bonds. The first-order valence-electron chi connectivity index (χ1n) is 10.0. The van der Waals surface area contributed by atoms with Gasteiger partial charge in [0.15, 0.2) is 0 Å². The van der Waals surface area contributed by atoms with Crippen LogP contribution in [0.25, 0.3) is 11.6 Å². The van der Waals surface area contributed by atoms with Crippen LogP contribution in [0.15, 0.2) is 36.8 Å². The Hall–Kier alpha value is -3.22. The summed E-state index contributed by atoms with van der Waals surface area (Å²) in [6.07, 6.45) is 13.6. The molecule has 1 aliphatic carbocycles. The predicted octanol–water partition coefficient (Wildman–Crippen LogP) is 2.27. The van der Waals surface area contributed by atoms with Gasteiger partial charge in [-0.25, -0.2) is 4.98 Å². The predicted molar refractivity (Wildman–Crippen MR) is 110 cm³/mol. The molecule has 1 N–H and O–H groups in total. The number of nitrogens with one attached hydrogen (secondary N) is 1. The highest BCUT2D eigenvalue weighted by Crippen LogP contribution is 2.40. The normalized spacial score (nSPS) is 23.1. The van der Waals surface area contributed by atoms with Crippen LogP contribution in [-0.4, -0.2) is 44.6 Å². The second kappa shape index (κ2) is 6.99. The van der Waals surface area contributed by atoms with Crippen molar-refractivity contribution in [3.05, 3.63) is 53.5 Å². The lowest BCUT2D eigenvalue weighted by molar-refractivity contribution is -0.125. The Morgan fingerprint density at radius 1 is 1.28 bits per heavy atom. The van der Waals surface area contributed by atoms with Gasteiger partial charge in [0.25, 0.3) is 0 Å². The first-order valence-corrected chi connectivity index (χ1v) is 10.0. The summed E-state index contributed by atoms with van der Waals surface area (Å²) in [5, 5.41) is 7.03. The standard InChI is InChI=1S/C22H23N5O2/c1-26-11-19(10-24-26)16-7-17-12-27(13-18(17)8-16)21(29)5-2-14-6-15-3-4-20(28)25-22(15)23-9-14/h2,5-7,9-11,17-18H,3-4,8,12-13H2,1H3,(H,23,25,28)/b5-2+. The summed E-state index contributed by atoms with van der Waals surface area (Å²) in [5.41, 5.74) is 4.44. The summed E-state index contributed by atoms with van der Waals surface area (Å²) in [6, 6.07) is 1.99. The van der Waals surface area contributed by atoms with Crippen LogP contribution in [0.1, 0.15) is 29.5 Å². The number of hydrogen-bond acceptors (Lipinski definition) is 4. The Balaban J connectivity index is 1.23. The number of pyridine rings is 1. The third-order valence-corrected chi connectivity index (χ3v) is 6.06. The maximum Gasteiger partial charge on any atom is 0.246 e. The minimum Gasteiger partial charge on any atom is -0.338 e. The molecule has 2 aromatic heterocycles. The number of carbonyl (C=O) groups excluding carboxylic acids is 2. The average molecular weight is 389 g/mol. The van der Waals surface area contributed by atoms with Crippen molar-refractivity contribution >= 4 is 29.3 Å². The zero-order valence-corrected chi connectivity index (χ0v) is 16.3. The number of aromatic nitrogens is 3. The monoisotopic (exact) mass is 389 g/mol. The van der Waals surface area contributed by atoms with Crippen molar-refractivity contribution < 1.29 is 9.59 Å². The van der Waals surface area contributed by atoms with Gasteiger partial charge in [-0.1, -0.05) is 6.08 Å². The van der Waals surface area contributed by atoms with Gasteiger partial charge in [0, 0.05) is 50.6 Å². The molecule has 0 spiro atoms. The molecular weight excluding hydrogens is 366 g/mol. The van der Waals surface area contributed by atoms with E-state index in [2.05, 4.69) is 27.7 Å². The number of nitrogens with zero attached hydrogens (tertiary/aromatic N) is 4. The highest BCUT2D eigenvalue weighted by molar-refractivity contribution is 5.94. The van der Waals surface area contributed by atoms with Crippen molar-refractivity contribution in [2.45, 2.75) is 19.3 Å². The Morgan fingerprint density at radius 2 is 2.17 bits per heavy atom. The molecule has 2 atom stereocenters. The minimum absolute atomic E-state index is 0.00351. The first kappa shape index (κ1) is 17.8. The van der Waals surface area contributed by atoms with Gasteiger partial charge >= 0.3 is 0 Å². The van der Waals surface area contributed by atoms with Gasteiger partial charge in [0.2, 0.25) is 11.8 Å². The summed E-state index contributed by atoms with van der Waals surface area (Å²) in [7, 11) is 1.93. The lowest BCUT2D eigenvalue weighted by Crippen LogP contribution is -2.27. The second-order valence-electron chi connectivity index (χ2n) is 8.12. The number of rotatable bonds is 3. The van der Waals surface area contributed by atoms with E-state index in [1.807, 2.05) is 35.0 Å². The van der Waals surface area contributed by atoms with E-state index in [1.165, 1.54) is 11.1 Å². The van der Waals surface area contributed by atoms with Crippen LogP contribution in [0.5, 0.6) is 0 Å². The molecule has 2 aliphatic heterocycles. The average Bonchev–Trinajstić information content (AvgIpc) is 3.40. The van der Waals surface area contributed by atoms with Crippen molar-refractivity contribution in [2.24, 2.45) is 18.9 Å². The minimum atomic E-state index is 0.00351. The molecule has 7 nitrogen and oxygen atoms in total. The number of hydrogen-bond donors (Lipinski definition) is 1. The number of fused-ring (bicyclic) bond motifs is 2. The second-order valence-corrected chi connectivity index (χ2v) is 8.12. The summed E-state index contributed by atoms with van der Waals surface area (Å²) >= 11 is 0. The quantitative estimate of drug-likeness (QED) is 0.817. The summed E-state index contributed by atoms with van der Waals surface area (Å²) in [4.78, 5) is 30.3. The van der Waals surface area contributed by atoms with Crippen molar-refractivity contribution in [1.29, 1.82) is 0 Å². The SMILES string of the molecule is Cn1cc(C2=CC3CN(C(=O)/C=C/c4cnc5c(c4)CCC(=O)N5)CC3C2)cn1. The van der Waals surface area contributed by atoms with Gasteiger partial charge in [-0.15, -0.1) is 0 Å². The van der Waals surface area contributed by atoms with Crippen LogP contribution in [0.4, 0.5) is 5.82 Å². The third-order valence-electron chi connectivity index (χ3n) is 6.06. The van der Waals surface area contributed by atoms with Crippen molar-refractivity contribution in [2.75, 3.05) is 18.4 Å². The largest absolute Gasteiger partial charge is 0.338 e. The molecule has 4 heterocycles. The highest BCUT2D eigenvalue weighted by atomic mass is 16.2. The molecule has 2 aromatic rings. The van der Waals surface area contributed by atoms with Crippen LogP contribution in [0.2, 0.25) is 0 Å². The fraction of sp³-hybridized carbons (Fsp3) is 0.364. The number of amides is 2. The Bertz CT molecular complexity index is 1050. The Kier molecular flexibility index (Phi) is 4.30. The van der Waals surface area contributed by atoms with E-state index < -0.39 is 0 Å². The number of anilines is 1. The van der Waals surface area contributed by atoms with Gasteiger partial charge in [0.1, 0.15) is 5.82 Å². The fourth-order valence-corrected chi connectivity index (χ4v) is 4.53. The van der Waals surface area contributed by atoms with Gasteiger partial charge in [-0.2, -0.15) is 5.10 Å². The Labute approximate surface area is 169 Å². The van der Waals surface area contributed by atoms with E-state index in [9.17, 15) is 9.59 Å². The van der Waals surface area contributed by atoms with E-state index in [-0.39, 0.29) is 11.8 Å². The summed E-state index contributed by atoms with van der Waals surface area (Å²) in [6.45, 7) is 1.56. The van der Waals surface area contributed by atoms with E-state index in [4.69, 9.17) is 0 Å². The molecule has 148 valence electrons. The molecule has 0 saturated carbocycles. The topological polar surface area (TPSA) is 80.1 Å². The number of likely N-dealkylation sites (tertiary alicyclic amines) is 1. The van der Waals surface area contributed by atoms with E-state index in [0.717, 1.165) is 30.6 Å². The number of carbonyl (C=O) groups is 2. The number of allylic oxidation sites excluding steroid dienone is 1. The molecule has 7 heteroatoms. The molecule has 0 aromatic carbocycles. The zero-order valence-electron chi connectivity index (χ0n) is 16.3. The first-order chi connectivity index (χ1) is 14.0. The van der Waals surface area contributed by atoms with Crippen LogP contribution in [0.3, 0.4) is 0 Å². The molecule has 5 rings (SSSR count). The molecule has 0 bridgehead atoms. The van der Waals surface area contributed by atoms with Crippen molar-refractivity contribution in [1.82, 2.24) is 19.7 Å². The maximum absolute atomic E-state index is 12.7. The van der Waals surface area contributed by atoms with Gasteiger partial charge < -0.3 is 10.2 Å². The highest BCUT2D eigenvalue weighted by Gasteiger charge is 2.38. The van der Waals surface area contributed by atoms with Gasteiger partial charge in [0.05, 0.1) is 6.20 Å².